The van der Waals surface area contributed by atoms with E-state index in [2.05, 4.69) is 21.1 Å². The molecule has 0 radical (unpaired) electrons. The van der Waals surface area contributed by atoms with Crippen molar-refractivity contribution < 1.29 is 9.63 Å². The van der Waals surface area contributed by atoms with Crippen LogP contribution in [0.2, 0.25) is 0 Å². The van der Waals surface area contributed by atoms with Crippen molar-refractivity contribution in [1.29, 1.82) is 0 Å². The number of halogens is 1. The molecule has 0 spiro atoms. The zero-order chi connectivity index (χ0) is 18.8. The first-order valence-electron chi connectivity index (χ1n) is 8.10. The highest BCUT2D eigenvalue weighted by Gasteiger charge is 2.29. The van der Waals surface area contributed by atoms with Crippen molar-refractivity contribution in [3.63, 3.8) is 0 Å². The van der Waals surface area contributed by atoms with Gasteiger partial charge in [0.2, 0.25) is 0 Å². The van der Waals surface area contributed by atoms with E-state index in [4.69, 9.17) is 10.6 Å². The molecule has 4 rings (SSSR count). The van der Waals surface area contributed by atoms with Gasteiger partial charge in [0, 0.05) is 19.8 Å². The fourth-order valence-electron chi connectivity index (χ4n) is 2.73. The number of nitrogens with zero attached hydrogens (tertiary/aromatic N) is 2. The second kappa shape index (κ2) is 7.46. The summed E-state index contributed by atoms with van der Waals surface area (Å²) in [5.74, 6) is 0.123. The third kappa shape index (κ3) is 3.56. The maximum Gasteiger partial charge on any atom is 0.445 e. The average molecular weight is 440 g/mol. The van der Waals surface area contributed by atoms with E-state index < -0.39 is 6.09 Å². The molecule has 7 heteroatoms. The number of amidine groups is 1. The largest absolute Gasteiger partial charge is 0.445 e. The Balaban J connectivity index is 1.65. The van der Waals surface area contributed by atoms with Crippen LogP contribution in [0.5, 0.6) is 0 Å². The van der Waals surface area contributed by atoms with Crippen LogP contribution in [0.15, 0.2) is 92.2 Å². The highest BCUT2D eigenvalue weighted by atomic mass is 79.9. The van der Waals surface area contributed by atoms with Crippen molar-refractivity contribution >= 4 is 51.0 Å². The summed E-state index contributed by atoms with van der Waals surface area (Å²) in [6, 6.07) is 22.6. The Labute approximate surface area is 168 Å². The van der Waals surface area contributed by atoms with E-state index in [0.29, 0.717) is 5.56 Å². The van der Waals surface area contributed by atoms with Gasteiger partial charge in [-0.3, -0.25) is 4.84 Å². The quantitative estimate of drug-likeness (QED) is 0.247. The van der Waals surface area contributed by atoms with E-state index in [9.17, 15) is 4.79 Å². The molecule has 2 N–H and O–H groups in total. The van der Waals surface area contributed by atoms with E-state index in [0.717, 1.165) is 25.6 Å². The number of carbonyl (C=O) groups is 1. The fourth-order valence-corrected chi connectivity index (χ4v) is 4.19. The third-order valence-electron chi connectivity index (χ3n) is 3.96. The van der Waals surface area contributed by atoms with Gasteiger partial charge >= 0.3 is 6.09 Å². The minimum atomic E-state index is -0.617. The molecule has 3 aromatic rings. The predicted molar refractivity (Wildman–Crippen MR) is 110 cm³/mol. The SMILES string of the molecule is N/C(=N\OC(=O)N1c2ccccc2Sc2ccccc21)c1cccc(Br)c1. The van der Waals surface area contributed by atoms with Gasteiger partial charge in [-0.2, -0.15) is 0 Å². The number of oxime groups is 1. The highest BCUT2D eigenvalue weighted by Crippen LogP contribution is 2.48. The summed E-state index contributed by atoms with van der Waals surface area (Å²) in [6.07, 6.45) is -0.617. The zero-order valence-corrected chi connectivity index (χ0v) is 16.4. The Morgan fingerprint density at radius 1 is 0.963 bits per heavy atom. The Kier molecular flexibility index (Phi) is 4.87. The van der Waals surface area contributed by atoms with Crippen molar-refractivity contribution in [2.45, 2.75) is 9.79 Å². The topological polar surface area (TPSA) is 67.9 Å². The van der Waals surface area contributed by atoms with E-state index in [1.807, 2.05) is 60.7 Å². The maximum atomic E-state index is 12.8. The smallest absolute Gasteiger partial charge is 0.380 e. The third-order valence-corrected chi connectivity index (χ3v) is 5.58. The van der Waals surface area contributed by atoms with Crippen LogP contribution in [0.25, 0.3) is 0 Å². The van der Waals surface area contributed by atoms with E-state index in [1.54, 1.807) is 23.9 Å². The molecule has 0 saturated carbocycles. The number of amides is 1. The molecule has 0 unspecified atom stereocenters. The van der Waals surface area contributed by atoms with Crippen LogP contribution < -0.4 is 10.6 Å². The van der Waals surface area contributed by atoms with Gasteiger partial charge in [-0.1, -0.05) is 69.2 Å². The normalized spacial score (nSPS) is 12.9. The minimum absolute atomic E-state index is 0.123. The molecule has 0 aliphatic carbocycles. The number of hydrogen-bond acceptors (Lipinski definition) is 4. The van der Waals surface area contributed by atoms with Crippen LogP contribution >= 0.6 is 27.7 Å². The van der Waals surface area contributed by atoms with Gasteiger partial charge in [-0.05, 0) is 36.4 Å². The van der Waals surface area contributed by atoms with Crippen molar-refractivity contribution in [2.24, 2.45) is 10.9 Å². The predicted octanol–water partition coefficient (Wildman–Crippen LogP) is 5.51. The van der Waals surface area contributed by atoms with Crippen molar-refractivity contribution in [2.75, 3.05) is 4.90 Å². The molecule has 0 atom stereocenters. The lowest BCUT2D eigenvalue weighted by Crippen LogP contribution is -2.28. The van der Waals surface area contributed by atoms with Crippen LogP contribution in [0.3, 0.4) is 0 Å². The van der Waals surface area contributed by atoms with Gasteiger partial charge < -0.3 is 5.73 Å². The summed E-state index contributed by atoms with van der Waals surface area (Å²) in [5.41, 5.74) is 8.12. The molecule has 0 saturated heterocycles. The Morgan fingerprint density at radius 3 is 2.22 bits per heavy atom. The summed E-state index contributed by atoms with van der Waals surface area (Å²) in [6.45, 7) is 0. The first-order chi connectivity index (χ1) is 13.1. The van der Waals surface area contributed by atoms with Crippen LogP contribution in [-0.4, -0.2) is 11.9 Å². The van der Waals surface area contributed by atoms with Gasteiger partial charge in [0.15, 0.2) is 5.84 Å². The number of benzene rings is 3. The average Bonchev–Trinajstić information content (AvgIpc) is 2.70. The fraction of sp³-hybridized carbons (Fsp3) is 0. The summed E-state index contributed by atoms with van der Waals surface area (Å²) in [5, 5.41) is 3.83. The first kappa shape index (κ1) is 17.6. The van der Waals surface area contributed by atoms with Crippen molar-refractivity contribution in [3.8, 4) is 0 Å². The molecule has 1 amide bonds. The molecule has 1 aliphatic rings. The standard InChI is InChI=1S/C20H14BrN3O2S/c21-14-7-5-6-13(12-14)19(22)23-26-20(25)24-15-8-1-3-10-17(15)27-18-11-4-2-9-16(18)24/h1-12H,(H2,22,23). The summed E-state index contributed by atoms with van der Waals surface area (Å²) >= 11 is 4.99. The lowest BCUT2D eigenvalue weighted by Gasteiger charge is -2.29. The Morgan fingerprint density at radius 2 is 1.59 bits per heavy atom. The number of fused-ring (bicyclic) bond motifs is 2. The zero-order valence-electron chi connectivity index (χ0n) is 14.0. The molecule has 27 heavy (non-hydrogen) atoms. The molecule has 0 fully saturated rings. The molecule has 0 bridgehead atoms. The lowest BCUT2D eigenvalue weighted by atomic mass is 10.2. The summed E-state index contributed by atoms with van der Waals surface area (Å²) in [7, 11) is 0. The summed E-state index contributed by atoms with van der Waals surface area (Å²) in [4.78, 5) is 21.5. The van der Waals surface area contributed by atoms with Crippen LogP contribution in [-0.2, 0) is 4.84 Å². The second-order valence-corrected chi connectivity index (χ2v) is 7.72. The molecule has 1 heterocycles. The second-order valence-electron chi connectivity index (χ2n) is 5.72. The molecular weight excluding hydrogens is 426 g/mol. The van der Waals surface area contributed by atoms with Crippen LogP contribution in [0.1, 0.15) is 5.56 Å². The molecule has 0 aromatic heterocycles. The number of hydrogen-bond donors (Lipinski definition) is 1. The number of nitrogens with two attached hydrogens (primary N) is 1. The first-order valence-corrected chi connectivity index (χ1v) is 9.71. The summed E-state index contributed by atoms with van der Waals surface area (Å²) < 4.78 is 0.861. The molecule has 1 aliphatic heterocycles. The number of para-hydroxylation sites is 2. The maximum absolute atomic E-state index is 12.8. The van der Waals surface area contributed by atoms with Gasteiger partial charge in [0.25, 0.3) is 0 Å². The van der Waals surface area contributed by atoms with E-state index in [-0.39, 0.29) is 5.84 Å². The van der Waals surface area contributed by atoms with Gasteiger partial charge in [-0.25, -0.2) is 9.69 Å². The molecular formula is C20H14BrN3O2S. The van der Waals surface area contributed by atoms with Crippen molar-refractivity contribution in [1.82, 2.24) is 0 Å². The van der Waals surface area contributed by atoms with E-state index >= 15 is 0 Å². The lowest BCUT2D eigenvalue weighted by molar-refractivity contribution is 0.161. The molecule has 5 nitrogen and oxygen atoms in total. The number of anilines is 2. The van der Waals surface area contributed by atoms with Gasteiger partial charge in [0.1, 0.15) is 0 Å². The Hall–Kier alpha value is -2.77. The molecule has 134 valence electrons. The number of carbonyl (C=O) groups excluding carboxylic acids is 1. The monoisotopic (exact) mass is 439 g/mol. The minimum Gasteiger partial charge on any atom is -0.380 e. The van der Waals surface area contributed by atoms with Crippen LogP contribution in [0.4, 0.5) is 16.2 Å². The van der Waals surface area contributed by atoms with Gasteiger partial charge in [-0.15, -0.1) is 0 Å². The molecule has 3 aromatic carbocycles. The van der Waals surface area contributed by atoms with Crippen LogP contribution in [0, 0.1) is 0 Å². The van der Waals surface area contributed by atoms with Crippen molar-refractivity contribution in [3.05, 3.63) is 82.8 Å². The number of rotatable bonds is 2. The van der Waals surface area contributed by atoms with E-state index in [1.165, 1.54) is 4.90 Å². The highest BCUT2D eigenvalue weighted by molar-refractivity contribution is 9.10. The Bertz CT molecular complexity index is 1010. The van der Waals surface area contributed by atoms with Gasteiger partial charge in [0.05, 0.1) is 11.4 Å².